The van der Waals surface area contributed by atoms with Crippen molar-refractivity contribution in [3.8, 4) is 11.5 Å². The van der Waals surface area contributed by atoms with E-state index < -0.39 is 0 Å². The van der Waals surface area contributed by atoms with Gasteiger partial charge in [0.15, 0.2) is 0 Å². The molecule has 2 rings (SSSR count). The van der Waals surface area contributed by atoms with Crippen LogP contribution in [0.5, 0.6) is 11.5 Å². The van der Waals surface area contributed by atoms with Crippen LogP contribution in [0.4, 0.5) is 5.69 Å². The van der Waals surface area contributed by atoms with Crippen LogP contribution >= 0.6 is 0 Å². The van der Waals surface area contributed by atoms with Crippen molar-refractivity contribution in [2.24, 2.45) is 0 Å². The molecule has 0 saturated carbocycles. The number of ether oxygens (including phenoxy) is 2. The second-order valence-corrected chi connectivity index (χ2v) is 4.91. The minimum Gasteiger partial charge on any atom is -0.497 e. The van der Waals surface area contributed by atoms with Gasteiger partial charge in [-0.3, -0.25) is 4.79 Å². The van der Waals surface area contributed by atoms with Crippen LogP contribution in [-0.4, -0.2) is 13.0 Å². The molecule has 4 heteroatoms. The Morgan fingerprint density at radius 1 is 1.00 bits per heavy atom. The lowest BCUT2D eigenvalue weighted by Crippen LogP contribution is -2.13. The maximum Gasteiger partial charge on any atom is 0.254 e. The molecule has 0 aromatic heterocycles. The third-order valence-electron chi connectivity index (χ3n) is 3.10. The molecule has 0 unspecified atom stereocenters. The van der Waals surface area contributed by atoms with Crippen molar-refractivity contribution in [3.63, 3.8) is 0 Å². The van der Waals surface area contributed by atoms with E-state index in [-0.39, 0.29) is 5.91 Å². The first-order valence-electron chi connectivity index (χ1n) is 6.94. The molecular formula is C18H19NO3. The fourth-order valence-corrected chi connectivity index (χ4v) is 1.73. The molecule has 2 aromatic carbocycles. The van der Waals surface area contributed by atoms with Gasteiger partial charge in [0, 0.05) is 11.3 Å². The third kappa shape index (κ3) is 4.38. The highest BCUT2D eigenvalue weighted by molar-refractivity contribution is 6.03. The zero-order chi connectivity index (χ0) is 15.9. The van der Waals surface area contributed by atoms with Crippen LogP contribution in [0.15, 0.2) is 60.4 Å². The van der Waals surface area contributed by atoms with Gasteiger partial charge in [-0.25, -0.2) is 0 Å². The van der Waals surface area contributed by atoms with E-state index in [2.05, 4.69) is 5.32 Å². The molecule has 2 aromatic rings. The van der Waals surface area contributed by atoms with Crippen LogP contribution in [0.25, 0.3) is 0 Å². The molecule has 22 heavy (non-hydrogen) atoms. The lowest BCUT2D eigenvalue weighted by molar-refractivity contribution is -0.112. The summed E-state index contributed by atoms with van der Waals surface area (Å²) in [4.78, 5) is 12.0. The largest absolute Gasteiger partial charge is 0.497 e. The molecule has 0 fully saturated rings. The van der Waals surface area contributed by atoms with Crippen LogP contribution in [0, 0.1) is 6.92 Å². The first-order chi connectivity index (χ1) is 10.6. The lowest BCUT2D eigenvalue weighted by atomic mass is 10.2. The van der Waals surface area contributed by atoms with E-state index in [1.165, 1.54) is 6.26 Å². The number of methoxy groups -OCH3 is 1. The molecular weight excluding hydrogens is 278 g/mol. The summed E-state index contributed by atoms with van der Waals surface area (Å²) in [6.07, 6.45) is 1.44. The molecule has 1 N–H and O–H groups in total. The van der Waals surface area contributed by atoms with Crippen LogP contribution in [0.2, 0.25) is 0 Å². The van der Waals surface area contributed by atoms with E-state index in [9.17, 15) is 4.79 Å². The van der Waals surface area contributed by atoms with Crippen molar-refractivity contribution in [2.75, 3.05) is 12.4 Å². The number of amides is 1. The Balaban J connectivity index is 1.95. The van der Waals surface area contributed by atoms with Crippen molar-refractivity contribution in [1.29, 1.82) is 0 Å². The van der Waals surface area contributed by atoms with Crippen molar-refractivity contribution in [3.05, 3.63) is 65.9 Å². The monoisotopic (exact) mass is 297 g/mol. The number of hydrogen-bond acceptors (Lipinski definition) is 3. The van der Waals surface area contributed by atoms with Crippen LogP contribution in [0.1, 0.15) is 12.5 Å². The van der Waals surface area contributed by atoms with Gasteiger partial charge < -0.3 is 14.8 Å². The molecule has 0 saturated heterocycles. The van der Waals surface area contributed by atoms with E-state index in [0.717, 1.165) is 17.0 Å². The van der Waals surface area contributed by atoms with Gasteiger partial charge in [-0.05, 0) is 50.2 Å². The third-order valence-corrected chi connectivity index (χ3v) is 3.10. The zero-order valence-corrected chi connectivity index (χ0v) is 12.9. The summed E-state index contributed by atoms with van der Waals surface area (Å²) in [5.74, 6) is 1.20. The Hall–Kier alpha value is -2.75. The van der Waals surface area contributed by atoms with E-state index in [1.54, 1.807) is 38.3 Å². The van der Waals surface area contributed by atoms with Gasteiger partial charge in [0.1, 0.15) is 11.5 Å². The quantitative estimate of drug-likeness (QED) is 0.672. The molecule has 0 radical (unpaired) electrons. The Labute approximate surface area is 130 Å². The second-order valence-electron chi connectivity index (χ2n) is 4.91. The number of nitrogens with one attached hydrogen (secondary N) is 1. The summed E-state index contributed by atoms with van der Waals surface area (Å²) in [7, 11) is 1.61. The Morgan fingerprint density at radius 2 is 1.59 bits per heavy atom. The molecule has 0 atom stereocenters. The molecule has 114 valence electrons. The fraction of sp³-hybridized carbons (Fsp3) is 0.167. The normalized spacial score (nSPS) is 11.0. The summed E-state index contributed by atoms with van der Waals surface area (Å²) in [6.45, 7) is 3.70. The average molecular weight is 297 g/mol. The predicted molar refractivity (Wildman–Crippen MR) is 87.2 cm³/mol. The van der Waals surface area contributed by atoms with Gasteiger partial charge >= 0.3 is 0 Å². The van der Waals surface area contributed by atoms with Crippen molar-refractivity contribution in [2.45, 2.75) is 13.8 Å². The summed E-state index contributed by atoms with van der Waals surface area (Å²) < 4.78 is 10.5. The van der Waals surface area contributed by atoms with E-state index in [1.807, 2.05) is 31.2 Å². The summed E-state index contributed by atoms with van der Waals surface area (Å²) in [5, 5.41) is 2.82. The SMILES string of the molecule is COc1ccc(OC=C(C)C(=O)Nc2ccc(C)cc2)cc1. The molecule has 0 spiro atoms. The first kappa shape index (κ1) is 15.6. The number of carbonyl (C=O) groups excluding carboxylic acids is 1. The molecule has 0 heterocycles. The van der Waals surface area contributed by atoms with E-state index in [0.29, 0.717) is 11.3 Å². The summed E-state index contributed by atoms with van der Waals surface area (Å²) in [6, 6.07) is 14.8. The number of anilines is 1. The average Bonchev–Trinajstić information content (AvgIpc) is 2.55. The molecule has 4 nitrogen and oxygen atoms in total. The molecule has 0 aliphatic heterocycles. The van der Waals surface area contributed by atoms with Gasteiger partial charge in [-0.2, -0.15) is 0 Å². The lowest BCUT2D eigenvalue weighted by Gasteiger charge is -2.07. The molecule has 1 amide bonds. The number of aryl methyl sites for hydroxylation is 1. The summed E-state index contributed by atoms with van der Waals surface area (Å²) >= 11 is 0. The molecule has 0 bridgehead atoms. The fourth-order valence-electron chi connectivity index (χ4n) is 1.73. The van der Waals surface area contributed by atoms with Crippen molar-refractivity contribution in [1.82, 2.24) is 0 Å². The zero-order valence-electron chi connectivity index (χ0n) is 12.9. The maximum atomic E-state index is 12.0. The van der Waals surface area contributed by atoms with Crippen LogP contribution in [-0.2, 0) is 4.79 Å². The standard InChI is InChI=1S/C18H19NO3/c1-13-4-6-15(7-5-13)19-18(20)14(2)12-22-17-10-8-16(21-3)9-11-17/h4-12H,1-3H3,(H,19,20). The van der Waals surface area contributed by atoms with Gasteiger partial charge in [-0.1, -0.05) is 17.7 Å². The van der Waals surface area contributed by atoms with E-state index in [4.69, 9.17) is 9.47 Å². The predicted octanol–water partition coefficient (Wildman–Crippen LogP) is 3.92. The van der Waals surface area contributed by atoms with Gasteiger partial charge in [0.25, 0.3) is 5.91 Å². The minimum atomic E-state index is -0.197. The Bertz CT molecular complexity index is 658. The van der Waals surface area contributed by atoms with Crippen molar-refractivity contribution < 1.29 is 14.3 Å². The topological polar surface area (TPSA) is 47.6 Å². The van der Waals surface area contributed by atoms with Crippen LogP contribution in [0.3, 0.4) is 0 Å². The second kappa shape index (κ2) is 7.31. The van der Waals surface area contributed by atoms with Gasteiger partial charge in [0.05, 0.1) is 13.4 Å². The number of hydrogen-bond donors (Lipinski definition) is 1. The first-order valence-corrected chi connectivity index (χ1v) is 6.94. The number of benzene rings is 2. The molecule has 0 aliphatic carbocycles. The number of rotatable bonds is 5. The summed E-state index contributed by atoms with van der Waals surface area (Å²) in [5.41, 5.74) is 2.39. The van der Waals surface area contributed by atoms with Crippen molar-refractivity contribution >= 4 is 11.6 Å². The van der Waals surface area contributed by atoms with Gasteiger partial charge in [-0.15, -0.1) is 0 Å². The molecule has 0 aliphatic rings. The highest BCUT2D eigenvalue weighted by Gasteiger charge is 2.05. The van der Waals surface area contributed by atoms with Gasteiger partial charge in [0.2, 0.25) is 0 Å². The van der Waals surface area contributed by atoms with Crippen LogP contribution < -0.4 is 14.8 Å². The number of carbonyl (C=O) groups is 1. The minimum absolute atomic E-state index is 0.197. The Morgan fingerprint density at radius 3 is 2.18 bits per heavy atom. The smallest absolute Gasteiger partial charge is 0.254 e. The van der Waals surface area contributed by atoms with E-state index >= 15 is 0 Å². The highest BCUT2D eigenvalue weighted by atomic mass is 16.5. The Kier molecular flexibility index (Phi) is 5.20. The highest BCUT2D eigenvalue weighted by Crippen LogP contribution is 2.17. The maximum absolute atomic E-state index is 12.0.